The van der Waals surface area contributed by atoms with Gasteiger partial charge in [-0.25, -0.2) is 4.79 Å². The molecule has 0 radical (unpaired) electrons. The van der Waals surface area contributed by atoms with Gasteiger partial charge in [-0.2, -0.15) is 4.68 Å². The number of benzene rings is 2. The number of ether oxygens (including phenoxy) is 2. The van der Waals surface area contributed by atoms with Gasteiger partial charge in [-0.3, -0.25) is 0 Å². The molecule has 2 aromatic carbocycles. The minimum Gasteiger partial charge on any atom is -0.497 e. The number of hydrogen-bond donors (Lipinski definition) is 1. The first-order valence-electron chi connectivity index (χ1n) is 9.68. The van der Waals surface area contributed by atoms with Gasteiger partial charge in [0.1, 0.15) is 17.0 Å². The molecule has 150 valence electrons. The highest BCUT2D eigenvalue weighted by molar-refractivity contribution is 5.71. The summed E-state index contributed by atoms with van der Waals surface area (Å²) in [6.07, 6.45) is 4.03. The van der Waals surface area contributed by atoms with E-state index in [0.29, 0.717) is 11.6 Å². The fourth-order valence-corrected chi connectivity index (χ4v) is 3.76. The molecule has 1 N–H and O–H groups in total. The van der Waals surface area contributed by atoms with E-state index in [1.165, 1.54) is 0 Å². The Bertz CT molecular complexity index is 950. The number of methoxy groups -OCH3 is 1. The third kappa shape index (κ3) is 4.06. The monoisotopic (exact) mass is 393 g/mol. The van der Waals surface area contributed by atoms with Crippen molar-refractivity contribution < 1.29 is 14.3 Å². The Hall–Kier alpha value is -3.42. The number of carbonyl (C=O) groups excluding carboxylic acids is 1. The lowest BCUT2D eigenvalue weighted by molar-refractivity contribution is 0.162. The van der Waals surface area contributed by atoms with Crippen molar-refractivity contribution in [3.05, 3.63) is 60.4 Å². The molecule has 1 aromatic heterocycles. The Labute approximate surface area is 168 Å². The fraction of sp³-hybridized carbons (Fsp3) is 0.333. The molecule has 0 unspecified atom stereocenters. The SMILES string of the molecule is COc1ccc(-n2nnnc2C2(NC(=O)Oc3ccccc3)CCCCC2)cc1. The number of nitrogens with one attached hydrogen (secondary N) is 1. The highest BCUT2D eigenvalue weighted by atomic mass is 16.6. The van der Waals surface area contributed by atoms with Crippen molar-refractivity contribution in [2.24, 2.45) is 0 Å². The molecule has 1 amide bonds. The fourth-order valence-electron chi connectivity index (χ4n) is 3.76. The van der Waals surface area contributed by atoms with Gasteiger partial charge in [-0.05, 0) is 59.7 Å². The van der Waals surface area contributed by atoms with Crippen LogP contribution in [0.25, 0.3) is 5.69 Å². The molecule has 1 fully saturated rings. The molecule has 1 saturated carbocycles. The maximum Gasteiger partial charge on any atom is 0.413 e. The highest BCUT2D eigenvalue weighted by Gasteiger charge is 2.41. The van der Waals surface area contributed by atoms with Crippen LogP contribution in [0.5, 0.6) is 11.5 Å². The second-order valence-corrected chi connectivity index (χ2v) is 7.08. The van der Waals surface area contributed by atoms with Crippen molar-refractivity contribution in [2.45, 2.75) is 37.6 Å². The maximum absolute atomic E-state index is 12.7. The molecule has 3 aromatic rings. The lowest BCUT2D eigenvalue weighted by Crippen LogP contribution is -2.50. The molecule has 8 nitrogen and oxygen atoms in total. The summed E-state index contributed by atoms with van der Waals surface area (Å²) in [5, 5.41) is 15.4. The van der Waals surface area contributed by atoms with Crippen LogP contribution in [-0.4, -0.2) is 33.4 Å². The molecule has 0 saturated heterocycles. The van der Waals surface area contributed by atoms with E-state index in [4.69, 9.17) is 9.47 Å². The molecule has 1 heterocycles. The van der Waals surface area contributed by atoms with Crippen molar-refractivity contribution in [1.82, 2.24) is 25.5 Å². The predicted molar refractivity (Wildman–Crippen MR) is 106 cm³/mol. The first-order valence-corrected chi connectivity index (χ1v) is 9.68. The number of nitrogens with zero attached hydrogens (tertiary/aromatic N) is 4. The van der Waals surface area contributed by atoms with E-state index in [-0.39, 0.29) is 0 Å². The minimum atomic E-state index is -0.687. The molecule has 1 aliphatic rings. The van der Waals surface area contributed by atoms with Gasteiger partial charge in [0, 0.05) is 0 Å². The normalized spacial score (nSPS) is 15.5. The highest BCUT2D eigenvalue weighted by Crippen LogP contribution is 2.37. The van der Waals surface area contributed by atoms with Crippen molar-refractivity contribution >= 4 is 6.09 Å². The van der Waals surface area contributed by atoms with Gasteiger partial charge in [-0.1, -0.05) is 37.5 Å². The van der Waals surface area contributed by atoms with Gasteiger partial charge in [0.15, 0.2) is 5.82 Å². The smallest absolute Gasteiger partial charge is 0.413 e. The molecule has 0 atom stereocenters. The summed E-state index contributed by atoms with van der Waals surface area (Å²) in [6, 6.07) is 16.5. The van der Waals surface area contributed by atoms with Crippen LogP contribution in [-0.2, 0) is 5.54 Å². The number of aromatic nitrogens is 4. The summed E-state index contributed by atoms with van der Waals surface area (Å²) in [5.74, 6) is 1.85. The Balaban J connectivity index is 1.63. The van der Waals surface area contributed by atoms with Gasteiger partial charge in [0.25, 0.3) is 0 Å². The molecule has 8 heteroatoms. The lowest BCUT2D eigenvalue weighted by Gasteiger charge is -2.36. The summed E-state index contributed by atoms with van der Waals surface area (Å²) in [7, 11) is 1.62. The molecule has 1 aliphatic carbocycles. The molecule has 0 aliphatic heterocycles. The van der Waals surface area contributed by atoms with Gasteiger partial charge in [0.2, 0.25) is 0 Å². The zero-order chi connectivity index (χ0) is 20.1. The standard InChI is InChI=1S/C21H23N5O3/c1-28-17-12-10-16(11-13-17)26-19(23-24-25-26)21(14-6-3-7-15-21)22-20(27)29-18-8-4-2-5-9-18/h2,4-5,8-13H,3,6-7,14-15H2,1H3,(H,22,27). The third-order valence-corrected chi connectivity index (χ3v) is 5.22. The second-order valence-electron chi connectivity index (χ2n) is 7.08. The van der Waals surface area contributed by atoms with Crippen molar-refractivity contribution in [3.63, 3.8) is 0 Å². The Morgan fingerprint density at radius 1 is 1.00 bits per heavy atom. The maximum atomic E-state index is 12.7. The minimum absolute atomic E-state index is 0.491. The van der Waals surface area contributed by atoms with Gasteiger partial charge in [0.05, 0.1) is 12.8 Å². The zero-order valence-corrected chi connectivity index (χ0v) is 16.2. The summed E-state index contributed by atoms with van der Waals surface area (Å²) >= 11 is 0. The number of carbonyl (C=O) groups is 1. The van der Waals surface area contributed by atoms with Crippen LogP contribution in [0.1, 0.15) is 37.9 Å². The van der Waals surface area contributed by atoms with E-state index in [9.17, 15) is 4.79 Å². The topological polar surface area (TPSA) is 91.2 Å². The lowest BCUT2D eigenvalue weighted by atomic mass is 9.81. The van der Waals surface area contributed by atoms with Crippen molar-refractivity contribution in [2.75, 3.05) is 7.11 Å². The molecular formula is C21H23N5O3. The Morgan fingerprint density at radius 3 is 2.41 bits per heavy atom. The molecule has 4 rings (SSSR count). The van der Waals surface area contributed by atoms with Gasteiger partial charge < -0.3 is 14.8 Å². The van der Waals surface area contributed by atoms with Crippen LogP contribution in [0.2, 0.25) is 0 Å². The number of hydrogen-bond acceptors (Lipinski definition) is 6. The predicted octanol–water partition coefficient (Wildman–Crippen LogP) is 3.62. The molecule has 0 bridgehead atoms. The van der Waals surface area contributed by atoms with Gasteiger partial charge in [-0.15, -0.1) is 5.10 Å². The largest absolute Gasteiger partial charge is 0.497 e. The summed E-state index contributed by atoms with van der Waals surface area (Å²) in [5.41, 5.74) is 0.113. The van der Waals surface area contributed by atoms with E-state index >= 15 is 0 Å². The van der Waals surface area contributed by atoms with Crippen molar-refractivity contribution in [1.29, 1.82) is 0 Å². The first kappa shape index (κ1) is 18.9. The van der Waals surface area contributed by atoms with Crippen LogP contribution in [0, 0.1) is 0 Å². The van der Waals surface area contributed by atoms with Crippen LogP contribution in [0.4, 0.5) is 4.79 Å². The number of amides is 1. The van der Waals surface area contributed by atoms with E-state index in [1.54, 1.807) is 23.9 Å². The van der Waals surface area contributed by atoms with Crippen molar-refractivity contribution in [3.8, 4) is 17.2 Å². The van der Waals surface area contributed by atoms with Crippen LogP contribution < -0.4 is 14.8 Å². The summed E-state index contributed by atoms with van der Waals surface area (Å²) in [6.45, 7) is 0. The number of tetrazole rings is 1. The van der Waals surface area contributed by atoms with Crippen LogP contribution in [0.3, 0.4) is 0 Å². The van der Waals surface area contributed by atoms with E-state index in [2.05, 4.69) is 20.8 Å². The summed E-state index contributed by atoms with van der Waals surface area (Å²) in [4.78, 5) is 12.7. The van der Waals surface area contributed by atoms with Crippen LogP contribution in [0.15, 0.2) is 54.6 Å². The average Bonchev–Trinajstić information content (AvgIpc) is 3.26. The number of para-hydroxylation sites is 1. The molecule has 29 heavy (non-hydrogen) atoms. The third-order valence-electron chi connectivity index (χ3n) is 5.22. The molecule has 0 spiro atoms. The first-order chi connectivity index (χ1) is 14.2. The quantitative estimate of drug-likeness (QED) is 0.712. The summed E-state index contributed by atoms with van der Waals surface area (Å²) < 4.78 is 12.4. The average molecular weight is 393 g/mol. The second kappa shape index (κ2) is 8.30. The van der Waals surface area contributed by atoms with E-state index in [1.807, 2.05) is 42.5 Å². The van der Waals surface area contributed by atoms with Gasteiger partial charge >= 0.3 is 6.09 Å². The Kier molecular flexibility index (Phi) is 5.41. The number of rotatable bonds is 5. The van der Waals surface area contributed by atoms with E-state index < -0.39 is 11.6 Å². The zero-order valence-electron chi connectivity index (χ0n) is 16.2. The van der Waals surface area contributed by atoms with E-state index in [0.717, 1.165) is 43.5 Å². The van der Waals surface area contributed by atoms with Crippen LogP contribution >= 0.6 is 0 Å². The molecular weight excluding hydrogens is 370 g/mol. The Morgan fingerprint density at radius 2 is 1.72 bits per heavy atom.